The molecule has 19 heavy (non-hydrogen) atoms. The quantitative estimate of drug-likeness (QED) is 0.857. The summed E-state index contributed by atoms with van der Waals surface area (Å²) in [6.45, 7) is 1.80. The zero-order valence-corrected chi connectivity index (χ0v) is 10.4. The van der Waals surface area contributed by atoms with Crippen LogP contribution in [-0.2, 0) is 4.79 Å². The number of hydrogen-bond donors (Lipinski definition) is 1. The Bertz CT molecular complexity index is 609. The summed E-state index contributed by atoms with van der Waals surface area (Å²) >= 11 is 0. The van der Waals surface area contributed by atoms with Crippen molar-refractivity contribution in [3.05, 3.63) is 65.7 Å². The van der Waals surface area contributed by atoms with Crippen LogP contribution in [0.3, 0.4) is 0 Å². The van der Waals surface area contributed by atoms with E-state index in [4.69, 9.17) is 0 Å². The van der Waals surface area contributed by atoms with Crippen LogP contribution in [0.15, 0.2) is 48.7 Å². The Balaban J connectivity index is 2.06. The lowest BCUT2D eigenvalue weighted by Crippen LogP contribution is -2.09. The van der Waals surface area contributed by atoms with Crippen LogP contribution in [0.4, 0.5) is 10.1 Å². The molecule has 0 aliphatic carbocycles. The molecule has 1 aromatic heterocycles. The number of aromatic nitrogens is 1. The molecule has 2 aromatic rings. The molecule has 1 amide bonds. The molecule has 1 N–H and O–H groups in total. The van der Waals surface area contributed by atoms with Crippen molar-refractivity contribution in [3.63, 3.8) is 0 Å². The smallest absolute Gasteiger partial charge is 0.248 e. The second-order valence-electron chi connectivity index (χ2n) is 4.04. The molecule has 1 aromatic carbocycles. The minimum atomic E-state index is -0.380. The number of carbonyl (C=O) groups excluding carboxylic acids is 1. The molecule has 0 fully saturated rings. The summed E-state index contributed by atoms with van der Waals surface area (Å²) in [5.74, 6) is -0.700. The largest absolute Gasteiger partial charge is 0.322 e. The highest BCUT2D eigenvalue weighted by Crippen LogP contribution is 2.15. The van der Waals surface area contributed by atoms with Gasteiger partial charge in [-0.15, -0.1) is 0 Å². The molecule has 0 saturated carbocycles. The number of benzene rings is 1. The highest BCUT2D eigenvalue weighted by Gasteiger charge is 2.03. The molecule has 0 saturated heterocycles. The minimum Gasteiger partial charge on any atom is -0.322 e. The maximum atomic E-state index is 13.1. The van der Waals surface area contributed by atoms with E-state index in [9.17, 15) is 9.18 Å². The van der Waals surface area contributed by atoms with E-state index in [2.05, 4.69) is 10.3 Å². The number of hydrogen-bond acceptors (Lipinski definition) is 2. The number of pyridine rings is 1. The van der Waals surface area contributed by atoms with Crippen molar-refractivity contribution in [2.45, 2.75) is 6.92 Å². The summed E-state index contributed by atoms with van der Waals surface area (Å²) < 4.78 is 13.1. The topological polar surface area (TPSA) is 42.0 Å². The predicted molar refractivity (Wildman–Crippen MR) is 73.0 cm³/mol. The number of carbonyl (C=O) groups is 1. The van der Waals surface area contributed by atoms with Gasteiger partial charge in [-0.05, 0) is 42.8 Å². The zero-order valence-electron chi connectivity index (χ0n) is 10.4. The maximum absolute atomic E-state index is 13.1. The number of halogens is 1. The molecule has 0 spiro atoms. The number of nitrogens with zero attached hydrogens (tertiary/aromatic N) is 1. The first-order chi connectivity index (χ1) is 9.15. The van der Waals surface area contributed by atoms with Crippen molar-refractivity contribution in [3.8, 4) is 0 Å². The second-order valence-corrected chi connectivity index (χ2v) is 4.04. The molecule has 0 aliphatic rings. The van der Waals surface area contributed by atoms with Gasteiger partial charge >= 0.3 is 0 Å². The van der Waals surface area contributed by atoms with Crippen LogP contribution in [0.1, 0.15) is 11.3 Å². The van der Waals surface area contributed by atoms with Crippen molar-refractivity contribution in [1.29, 1.82) is 0 Å². The van der Waals surface area contributed by atoms with Crippen molar-refractivity contribution in [2.24, 2.45) is 0 Å². The van der Waals surface area contributed by atoms with Gasteiger partial charge in [-0.2, -0.15) is 0 Å². The Kier molecular flexibility index (Phi) is 4.03. The third-order valence-electron chi connectivity index (χ3n) is 2.55. The van der Waals surface area contributed by atoms with Crippen LogP contribution >= 0.6 is 0 Å². The summed E-state index contributed by atoms with van der Waals surface area (Å²) in [7, 11) is 0. The molecule has 0 aliphatic heterocycles. The summed E-state index contributed by atoms with van der Waals surface area (Å²) in [4.78, 5) is 15.8. The lowest BCUT2D eigenvalue weighted by molar-refractivity contribution is -0.111. The number of amides is 1. The van der Waals surface area contributed by atoms with Gasteiger partial charge in [0.05, 0.1) is 5.69 Å². The molecule has 96 valence electrons. The van der Waals surface area contributed by atoms with Crippen LogP contribution in [0.25, 0.3) is 6.08 Å². The molecule has 1 heterocycles. The van der Waals surface area contributed by atoms with Gasteiger partial charge in [0.25, 0.3) is 0 Å². The van der Waals surface area contributed by atoms with Crippen LogP contribution in [0.2, 0.25) is 0 Å². The first kappa shape index (κ1) is 13.0. The van der Waals surface area contributed by atoms with Gasteiger partial charge < -0.3 is 5.32 Å². The summed E-state index contributed by atoms with van der Waals surface area (Å²) in [5, 5.41) is 2.63. The second kappa shape index (κ2) is 5.91. The Hall–Kier alpha value is -2.49. The Morgan fingerprint density at radius 2 is 2.16 bits per heavy atom. The van der Waals surface area contributed by atoms with Crippen LogP contribution in [0.5, 0.6) is 0 Å². The molecule has 3 nitrogen and oxygen atoms in total. The van der Waals surface area contributed by atoms with Gasteiger partial charge in [0.1, 0.15) is 5.82 Å². The lowest BCUT2D eigenvalue weighted by Gasteiger charge is -2.05. The average molecular weight is 256 g/mol. The summed E-state index contributed by atoms with van der Waals surface area (Å²) in [6.07, 6.45) is 4.62. The fourth-order valence-electron chi connectivity index (χ4n) is 1.54. The van der Waals surface area contributed by atoms with E-state index in [1.54, 1.807) is 37.4 Å². The normalized spacial score (nSPS) is 10.6. The van der Waals surface area contributed by atoms with Gasteiger partial charge in [-0.1, -0.05) is 12.1 Å². The molecule has 0 radical (unpaired) electrons. The van der Waals surface area contributed by atoms with E-state index in [1.165, 1.54) is 18.2 Å². The summed E-state index contributed by atoms with van der Waals surface area (Å²) in [6, 6.07) is 9.69. The van der Waals surface area contributed by atoms with Crippen LogP contribution < -0.4 is 5.32 Å². The number of aryl methyl sites for hydroxylation is 1. The van der Waals surface area contributed by atoms with E-state index in [0.29, 0.717) is 11.4 Å². The highest BCUT2D eigenvalue weighted by atomic mass is 19.1. The lowest BCUT2D eigenvalue weighted by atomic mass is 10.2. The Morgan fingerprint density at radius 1 is 1.32 bits per heavy atom. The molecule has 0 unspecified atom stereocenters. The van der Waals surface area contributed by atoms with Gasteiger partial charge in [0.2, 0.25) is 5.91 Å². The monoisotopic (exact) mass is 256 g/mol. The van der Waals surface area contributed by atoms with Gasteiger partial charge in [0.15, 0.2) is 0 Å². The maximum Gasteiger partial charge on any atom is 0.248 e. The number of rotatable bonds is 3. The molecular formula is C15H13FN2O. The average Bonchev–Trinajstić information content (AvgIpc) is 2.42. The predicted octanol–water partition coefficient (Wildman–Crippen LogP) is 3.18. The van der Waals surface area contributed by atoms with Crippen molar-refractivity contribution < 1.29 is 9.18 Å². The Morgan fingerprint density at radius 3 is 2.89 bits per heavy atom. The first-order valence-corrected chi connectivity index (χ1v) is 5.81. The minimum absolute atomic E-state index is 0.320. The van der Waals surface area contributed by atoms with Gasteiger partial charge in [-0.3, -0.25) is 9.78 Å². The van der Waals surface area contributed by atoms with E-state index in [-0.39, 0.29) is 11.7 Å². The number of anilines is 1. The van der Waals surface area contributed by atoms with Crippen molar-refractivity contribution in [2.75, 3.05) is 5.32 Å². The van der Waals surface area contributed by atoms with Crippen LogP contribution in [-0.4, -0.2) is 10.9 Å². The van der Waals surface area contributed by atoms with Crippen molar-refractivity contribution in [1.82, 2.24) is 4.98 Å². The van der Waals surface area contributed by atoms with E-state index in [0.717, 1.165) is 5.56 Å². The van der Waals surface area contributed by atoms with Gasteiger partial charge in [-0.25, -0.2) is 4.39 Å². The third kappa shape index (κ3) is 3.74. The molecule has 0 atom stereocenters. The highest BCUT2D eigenvalue weighted by molar-refractivity contribution is 6.02. The van der Waals surface area contributed by atoms with Gasteiger partial charge in [0, 0.05) is 18.0 Å². The SMILES string of the molecule is Cc1ccc(F)cc1NC(=O)/C=C/c1ccccn1. The van der Waals surface area contributed by atoms with E-state index < -0.39 is 0 Å². The zero-order chi connectivity index (χ0) is 13.7. The first-order valence-electron chi connectivity index (χ1n) is 5.81. The standard InChI is InChI=1S/C15H13FN2O/c1-11-5-6-12(16)10-14(11)18-15(19)8-7-13-4-2-3-9-17-13/h2-10H,1H3,(H,18,19)/b8-7+. The Labute approximate surface area is 110 Å². The van der Waals surface area contributed by atoms with E-state index >= 15 is 0 Å². The van der Waals surface area contributed by atoms with Crippen molar-refractivity contribution >= 4 is 17.7 Å². The number of nitrogens with one attached hydrogen (secondary N) is 1. The molecule has 4 heteroatoms. The fourth-order valence-corrected chi connectivity index (χ4v) is 1.54. The van der Waals surface area contributed by atoms with Crippen LogP contribution in [0, 0.1) is 12.7 Å². The van der Waals surface area contributed by atoms with E-state index in [1.807, 2.05) is 6.07 Å². The summed E-state index contributed by atoms with van der Waals surface area (Å²) in [5.41, 5.74) is 1.96. The third-order valence-corrected chi connectivity index (χ3v) is 2.55. The fraction of sp³-hybridized carbons (Fsp3) is 0.0667. The molecule has 2 rings (SSSR count). The molecular weight excluding hydrogens is 243 g/mol. The molecule has 0 bridgehead atoms.